The average Bonchev–Trinajstić information content (AvgIpc) is 1.65. The molecule has 0 atom stereocenters. The number of carboxylic acids is 1. The predicted octanol–water partition coefficient (Wildman–Crippen LogP) is 0.351. The number of hydrogen-bond acceptors (Lipinski definition) is 3. The van der Waals surface area contributed by atoms with E-state index in [-0.39, 0.29) is 11.5 Å². The van der Waals surface area contributed by atoms with Crippen molar-refractivity contribution >= 4 is 22.8 Å². The summed E-state index contributed by atoms with van der Waals surface area (Å²) < 4.78 is 0. The number of rotatable bonds is 2. The van der Waals surface area contributed by atoms with E-state index in [0.717, 1.165) is 11.8 Å². The molecule has 0 saturated carbocycles. The van der Waals surface area contributed by atoms with Crippen LogP contribution in [0.1, 0.15) is 6.42 Å². The van der Waals surface area contributed by atoms with Crippen LogP contribution in [0, 0.1) is 0 Å². The van der Waals surface area contributed by atoms with Gasteiger partial charge in [0.05, 0.1) is 0 Å². The van der Waals surface area contributed by atoms with Crippen molar-refractivity contribution in [3.8, 4) is 0 Å². The van der Waals surface area contributed by atoms with Crippen LogP contribution >= 0.6 is 11.8 Å². The van der Waals surface area contributed by atoms with Crippen LogP contribution in [0.2, 0.25) is 0 Å². The molecule has 0 spiro atoms. The van der Waals surface area contributed by atoms with Crippen LogP contribution in [0.25, 0.3) is 0 Å². The fourth-order valence-electron chi connectivity index (χ4n) is 0.196. The molecular formula is C4H6O3S. The minimum absolute atomic E-state index is 0.308. The summed E-state index contributed by atoms with van der Waals surface area (Å²) in [5, 5.41) is 7.67. The highest BCUT2D eigenvalue weighted by Crippen LogP contribution is 1.97. The largest absolute Gasteiger partial charge is 0.481 e. The number of carbonyl (C=O) groups excluding carboxylic acids is 1. The van der Waals surface area contributed by atoms with Gasteiger partial charge >= 0.3 is 5.97 Å². The lowest BCUT2D eigenvalue weighted by atomic mass is 10.5. The van der Waals surface area contributed by atoms with Gasteiger partial charge in [-0.1, -0.05) is 11.8 Å². The summed E-state index contributed by atoms with van der Waals surface area (Å²) in [7, 11) is 0. The van der Waals surface area contributed by atoms with E-state index in [2.05, 4.69) is 0 Å². The molecule has 0 radical (unpaired) electrons. The minimum Gasteiger partial charge on any atom is -0.481 e. The molecule has 4 heteroatoms. The lowest BCUT2D eigenvalue weighted by Crippen LogP contribution is -2.01. The second-order valence-corrected chi connectivity index (χ2v) is 2.01. The number of carbonyl (C=O) groups is 2. The quantitative estimate of drug-likeness (QED) is 0.554. The van der Waals surface area contributed by atoms with Crippen LogP contribution in [0.5, 0.6) is 0 Å². The van der Waals surface area contributed by atoms with Gasteiger partial charge < -0.3 is 5.11 Å². The van der Waals surface area contributed by atoms with Crippen LogP contribution in [-0.2, 0) is 9.59 Å². The van der Waals surface area contributed by atoms with Gasteiger partial charge in [-0.15, -0.1) is 0 Å². The van der Waals surface area contributed by atoms with Gasteiger partial charge in [-0.25, -0.2) is 0 Å². The summed E-state index contributed by atoms with van der Waals surface area (Å²) in [5.41, 5.74) is 0. The van der Waals surface area contributed by atoms with E-state index in [1.54, 1.807) is 6.26 Å². The first-order chi connectivity index (χ1) is 3.66. The molecule has 46 valence electrons. The molecule has 0 aliphatic rings. The standard InChI is InChI=1S/C4H6O3S/c1-8-4(7)2-3(5)6/h2H2,1H3,(H,5,6). The number of aliphatic carboxylic acids is 1. The van der Waals surface area contributed by atoms with E-state index >= 15 is 0 Å². The van der Waals surface area contributed by atoms with Crippen LogP contribution in [0.3, 0.4) is 0 Å². The van der Waals surface area contributed by atoms with Gasteiger partial charge in [0.15, 0.2) is 5.12 Å². The van der Waals surface area contributed by atoms with Crippen LogP contribution in [-0.4, -0.2) is 22.4 Å². The molecule has 0 bridgehead atoms. The maximum atomic E-state index is 10.2. The predicted molar refractivity (Wildman–Crippen MR) is 30.8 cm³/mol. The zero-order valence-electron chi connectivity index (χ0n) is 4.38. The lowest BCUT2D eigenvalue weighted by molar-refractivity contribution is -0.138. The highest BCUT2D eigenvalue weighted by atomic mass is 32.2. The van der Waals surface area contributed by atoms with Gasteiger partial charge in [0.1, 0.15) is 6.42 Å². The van der Waals surface area contributed by atoms with Gasteiger partial charge in [0.2, 0.25) is 0 Å². The van der Waals surface area contributed by atoms with Crippen molar-refractivity contribution in [3.05, 3.63) is 0 Å². The van der Waals surface area contributed by atoms with E-state index in [9.17, 15) is 9.59 Å². The third-order valence-corrected chi connectivity index (χ3v) is 1.12. The van der Waals surface area contributed by atoms with Gasteiger partial charge in [-0.2, -0.15) is 0 Å². The second-order valence-electron chi connectivity index (χ2n) is 1.15. The fraction of sp³-hybridized carbons (Fsp3) is 0.500. The van der Waals surface area contributed by atoms with Gasteiger partial charge in [0.25, 0.3) is 0 Å². The summed E-state index contributed by atoms with van der Waals surface area (Å²) in [6.07, 6.45) is 1.19. The first-order valence-corrected chi connectivity index (χ1v) is 3.18. The molecule has 0 aromatic rings. The zero-order chi connectivity index (χ0) is 6.57. The van der Waals surface area contributed by atoms with Crippen molar-refractivity contribution in [1.82, 2.24) is 0 Å². The summed E-state index contributed by atoms with van der Waals surface area (Å²) in [6, 6.07) is 0. The normalized spacial score (nSPS) is 8.62. The van der Waals surface area contributed by atoms with E-state index in [0.29, 0.717) is 0 Å². The maximum absolute atomic E-state index is 10.2. The van der Waals surface area contributed by atoms with Crippen molar-refractivity contribution in [2.75, 3.05) is 6.26 Å². The third kappa shape index (κ3) is 3.67. The molecule has 0 rings (SSSR count). The summed E-state index contributed by atoms with van der Waals surface area (Å²) in [6.45, 7) is 0. The Bertz CT molecular complexity index is 110. The second kappa shape index (κ2) is 3.49. The molecule has 0 fully saturated rings. The topological polar surface area (TPSA) is 54.4 Å². The SMILES string of the molecule is CSC(=O)CC(=O)O. The van der Waals surface area contributed by atoms with E-state index in [4.69, 9.17) is 5.11 Å². The number of carboxylic acid groups (broad SMARTS) is 1. The van der Waals surface area contributed by atoms with Crippen molar-refractivity contribution in [1.29, 1.82) is 0 Å². The van der Waals surface area contributed by atoms with Gasteiger partial charge in [0, 0.05) is 0 Å². The average molecular weight is 134 g/mol. The fourth-order valence-corrected chi connectivity index (χ4v) is 0.463. The Morgan fingerprint density at radius 2 is 2.12 bits per heavy atom. The molecule has 0 aliphatic carbocycles. The number of thioether (sulfide) groups is 1. The molecule has 0 unspecified atom stereocenters. The van der Waals surface area contributed by atoms with E-state index in [1.807, 2.05) is 0 Å². The van der Waals surface area contributed by atoms with Crippen molar-refractivity contribution in [2.24, 2.45) is 0 Å². The Balaban J connectivity index is 3.40. The minimum atomic E-state index is -1.07. The van der Waals surface area contributed by atoms with E-state index < -0.39 is 5.97 Å². The molecule has 0 saturated heterocycles. The Kier molecular flexibility index (Phi) is 3.26. The van der Waals surface area contributed by atoms with Crippen LogP contribution in [0.4, 0.5) is 0 Å². The zero-order valence-corrected chi connectivity index (χ0v) is 5.20. The highest BCUT2D eigenvalue weighted by Gasteiger charge is 2.03. The first kappa shape index (κ1) is 7.49. The molecule has 0 aliphatic heterocycles. The number of hydrogen-bond donors (Lipinski definition) is 1. The Hall–Kier alpha value is -0.510. The molecule has 0 amide bonds. The summed E-state index contributed by atoms with van der Waals surface area (Å²) in [4.78, 5) is 19.9. The van der Waals surface area contributed by atoms with Crippen molar-refractivity contribution < 1.29 is 14.7 Å². The Morgan fingerprint density at radius 3 is 2.25 bits per heavy atom. The Labute approximate surface area is 51.1 Å². The van der Waals surface area contributed by atoms with Gasteiger partial charge in [-0.05, 0) is 6.26 Å². The molecule has 3 nitrogen and oxygen atoms in total. The van der Waals surface area contributed by atoms with Crippen molar-refractivity contribution in [3.63, 3.8) is 0 Å². The monoisotopic (exact) mass is 134 g/mol. The molecule has 0 heterocycles. The maximum Gasteiger partial charge on any atom is 0.311 e. The molecule has 8 heavy (non-hydrogen) atoms. The highest BCUT2D eigenvalue weighted by molar-refractivity contribution is 8.13. The molecular weight excluding hydrogens is 128 g/mol. The Morgan fingerprint density at radius 1 is 1.62 bits per heavy atom. The van der Waals surface area contributed by atoms with Crippen LogP contribution < -0.4 is 0 Å². The first-order valence-electron chi connectivity index (χ1n) is 1.95. The summed E-state index contributed by atoms with van der Waals surface area (Å²) in [5.74, 6) is -1.07. The third-order valence-electron chi connectivity index (χ3n) is 0.523. The van der Waals surface area contributed by atoms with Crippen LogP contribution in [0.15, 0.2) is 0 Å². The molecule has 1 N–H and O–H groups in total. The molecule has 0 aromatic heterocycles. The van der Waals surface area contributed by atoms with Crippen molar-refractivity contribution in [2.45, 2.75) is 6.42 Å². The van der Waals surface area contributed by atoms with Gasteiger partial charge in [-0.3, -0.25) is 9.59 Å². The smallest absolute Gasteiger partial charge is 0.311 e. The lowest BCUT2D eigenvalue weighted by Gasteiger charge is -1.86. The molecule has 0 aromatic carbocycles. The summed E-state index contributed by atoms with van der Waals surface area (Å²) >= 11 is 0.933. The van der Waals surface area contributed by atoms with E-state index in [1.165, 1.54) is 0 Å².